The Morgan fingerprint density at radius 1 is 1.50 bits per heavy atom. The summed E-state index contributed by atoms with van der Waals surface area (Å²) in [5, 5.41) is 2.95. The van der Waals surface area contributed by atoms with Gasteiger partial charge >= 0.3 is 5.63 Å². The molecule has 1 N–H and O–H groups in total. The number of fused-ring (bicyclic) bond motifs is 1. The van der Waals surface area contributed by atoms with Crippen molar-refractivity contribution in [1.29, 1.82) is 0 Å². The smallest absolute Gasteiger partial charge is 0.346 e. The zero-order valence-corrected chi connectivity index (χ0v) is 8.90. The van der Waals surface area contributed by atoms with Gasteiger partial charge in [-0.2, -0.15) is 0 Å². The highest BCUT2D eigenvalue weighted by Gasteiger charge is 2.05. The lowest BCUT2D eigenvalue weighted by Crippen LogP contribution is -2.08. The van der Waals surface area contributed by atoms with Crippen molar-refractivity contribution in [3.8, 4) is 0 Å². The number of amides is 1. The van der Waals surface area contributed by atoms with Crippen LogP contribution in [0.15, 0.2) is 27.4 Å². The van der Waals surface area contributed by atoms with Crippen molar-refractivity contribution in [2.75, 3.05) is 5.32 Å². The molecule has 1 aromatic heterocycles. The summed E-state index contributed by atoms with van der Waals surface area (Å²) in [7, 11) is 0. The van der Waals surface area contributed by atoms with Crippen LogP contribution in [-0.4, -0.2) is 10.9 Å². The second-order valence-electron chi connectivity index (χ2n) is 3.43. The minimum atomic E-state index is -0.449. The molecule has 84 valence electrons. The fourth-order valence-corrected chi connectivity index (χ4v) is 1.46. The molecule has 1 aromatic carbocycles. The molecule has 0 atom stereocenters. The molecule has 0 aliphatic carbocycles. The van der Waals surface area contributed by atoms with Crippen molar-refractivity contribution in [1.82, 2.24) is 4.98 Å². The Kier molecular flexibility index (Phi) is 2.44. The van der Waals surface area contributed by atoms with E-state index < -0.39 is 5.63 Å². The van der Waals surface area contributed by atoms with E-state index in [0.717, 1.165) is 0 Å². The van der Waals surface area contributed by atoms with Crippen molar-refractivity contribution in [3.63, 3.8) is 0 Å². The van der Waals surface area contributed by atoms with Gasteiger partial charge < -0.3 is 9.73 Å². The minimum absolute atomic E-state index is 0. The van der Waals surface area contributed by atoms with Crippen LogP contribution < -0.4 is 10.9 Å². The first-order valence-corrected chi connectivity index (χ1v) is 4.75. The molecule has 0 radical (unpaired) electrons. The molecule has 0 saturated carbocycles. The second-order valence-corrected chi connectivity index (χ2v) is 3.43. The summed E-state index contributed by atoms with van der Waals surface area (Å²) in [6.07, 6.45) is 0. The largest absolute Gasteiger partial charge is 0.408 e. The van der Waals surface area contributed by atoms with Crippen LogP contribution in [0, 0.1) is 6.92 Å². The lowest BCUT2D eigenvalue weighted by Gasteiger charge is -2.02. The van der Waals surface area contributed by atoms with Crippen LogP contribution in [0.3, 0.4) is 0 Å². The Hall–Kier alpha value is -2.17. The van der Waals surface area contributed by atoms with Gasteiger partial charge in [0, 0.05) is 21.0 Å². The van der Waals surface area contributed by atoms with E-state index in [9.17, 15) is 9.59 Å². The molecule has 0 unspecified atom stereocenters. The summed E-state index contributed by atoms with van der Waals surface area (Å²) in [5.74, 6) is 0.133. The molecule has 1 amide bonds. The molecule has 16 heavy (non-hydrogen) atoms. The SMILES string of the molecule is CC(=O)Nc1ccc2nc(C)oc(=O)c2c1.[HH]. The van der Waals surface area contributed by atoms with Crippen LogP contribution >= 0.6 is 0 Å². The number of carbonyl (C=O) groups excluding carboxylic acids is 1. The van der Waals surface area contributed by atoms with E-state index in [-0.39, 0.29) is 7.33 Å². The first-order valence-electron chi connectivity index (χ1n) is 4.75. The zero-order chi connectivity index (χ0) is 11.7. The molecule has 0 fully saturated rings. The summed E-state index contributed by atoms with van der Waals surface area (Å²) in [4.78, 5) is 26.5. The molecule has 2 rings (SSSR count). The lowest BCUT2D eigenvalue weighted by molar-refractivity contribution is -0.114. The average Bonchev–Trinajstić information content (AvgIpc) is 2.18. The first-order chi connectivity index (χ1) is 7.56. The number of aryl methyl sites for hydroxylation is 1. The van der Waals surface area contributed by atoms with Crippen molar-refractivity contribution in [2.45, 2.75) is 13.8 Å². The Balaban J connectivity index is 0.00000144. The summed E-state index contributed by atoms with van der Waals surface area (Å²) in [6.45, 7) is 3.02. The summed E-state index contributed by atoms with van der Waals surface area (Å²) in [5.41, 5.74) is 0.663. The van der Waals surface area contributed by atoms with Crippen LogP contribution in [-0.2, 0) is 4.79 Å². The number of nitrogens with zero attached hydrogens (tertiary/aromatic N) is 1. The van der Waals surface area contributed by atoms with Gasteiger partial charge in [-0.15, -0.1) is 0 Å². The number of hydrogen-bond donors (Lipinski definition) is 1. The van der Waals surface area contributed by atoms with Gasteiger partial charge in [0.25, 0.3) is 0 Å². The van der Waals surface area contributed by atoms with Gasteiger partial charge in [-0.3, -0.25) is 4.79 Å². The van der Waals surface area contributed by atoms with E-state index in [1.54, 1.807) is 25.1 Å². The Labute approximate surface area is 92.6 Å². The second kappa shape index (κ2) is 3.77. The summed E-state index contributed by atoms with van der Waals surface area (Å²) < 4.78 is 4.87. The molecular weight excluding hydrogens is 208 g/mol. The average molecular weight is 220 g/mol. The number of nitrogens with one attached hydrogen (secondary N) is 1. The van der Waals surface area contributed by atoms with E-state index in [1.165, 1.54) is 6.92 Å². The highest BCUT2D eigenvalue weighted by atomic mass is 16.4. The predicted octanol–water partition coefficient (Wildman–Crippen LogP) is 1.70. The molecule has 0 aliphatic rings. The standard InChI is InChI=1S/C11H10N2O3.H2/c1-6(14)12-8-3-4-10-9(5-8)11(15)16-7(2)13-10;/h3-5H,1-2H3,(H,12,14);1H. The van der Waals surface area contributed by atoms with Crippen LogP contribution in [0.25, 0.3) is 10.9 Å². The molecule has 0 bridgehead atoms. The van der Waals surface area contributed by atoms with Crippen molar-refractivity contribution in [3.05, 3.63) is 34.5 Å². The number of anilines is 1. The van der Waals surface area contributed by atoms with Crippen LogP contribution in [0.2, 0.25) is 0 Å². The topological polar surface area (TPSA) is 72.2 Å². The highest BCUT2D eigenvalue weighted by molar-refractivity contribution is 5.91. The minimum Gasteiger partial charge on any atom is -0.408 e. The third-order valence-corrected chi connectivity index (χ3v) is 2.06. The molecule has 0 spiro atoms. The monoisotopic (exact) mass is 220 g/mol. The molecule has 2 aromatic rings. The molecular formula is C11H12N2O3. The molecule has 5 nitrogen and oxygen atoms in total. The van der Waals surface area contributed by atoms with Crippen LogP contribution in [0.4, 0.5) is 5.69 Å². The molecule has 1 heterocycles. The first kappa shape index (κ1) is 10.4. The van der Waals surface area contributed by atoms with Crippen molar-refractivity contribution in [2.24, 2.45) is 0 Å². The zero-order valence-electron chi connectivity index (χ0n) is 8.90. The quantitative estimate of drug-likeness (QED) is 0.793. The number of carbonyl (C=O) groups is 1. The fraction of sp³-hybridized carbons (Fsp3) is 0.182. The summed E-state index contributed by atoms with van der Waals surface area (Å²) in [6, 6.07) is 4.91. The van der Waals surface area contributed by atoms with Gasteiger partial charge in [0.15, 0.2) is 5.89 Å². The van der Waals surface area contributed by atoms with Crippen molar-refractivity contribution < 1.29 is 10.6 Å². The van der Waals surface area contributed by atoms with Crippen LogP contribution in [0.1, 0.15) is 14.2 Å². The van der Waals surface area contributed by atoms with E-state index in [2.05, 4.69) is 10.3 Å². The molecule has 0 aliphatic heterocycles. The van der Waals surface area contributed by atoms with E-state index in [4.69, 9.17) is 4.42 Å². The Morgan fingerprint density at radius 2 is 2.25 bits per heavy atom. The summed E-state index contributed by atoms with van der Waals surface area (Å²) >= 11 is 0. The van der Waals surface area contributed by atoms with Crippen LogP contribution in [0.5, 0.6) is 0 Å². The van der Waals surface area contributed by atoms with Gasteiger partial charge in [-0.05, 0) is 18.2 Å². The molecule has 0 saturated heterocycles. The van der Waals surface area contributed by atoms with E-state index >= 15 is 0 Å². The predicted molar refractivity (Wildman–Crippen MR) is 61.4 cm³/mol. The molecule has 5 heteroatoms. The number of hydrogen-bond acceptors (Lipinski definition) is 4. The normalized spacial score (nSPS) is 10.4. The van der Waals surface area contributed by atoms with Gasteiger partial charge in [0.05, 0.1) is 10.9 Å². The Morgan fingerprint density at radius 3 is 2.94 bits per heavy atom. The van der Waals surface area contributed by atoms with E-state index in [1.807, 2.05) is 0 Å². The maximum atomic E-state index is 11.5. The van der Waals surface area contributed by atoms with E-state index in [0.29, 0.717) is 22.5 Å². The third kappa shape index (κ3) is 1.93. The third-order valence-electron chi connectivity index (χ3n) is 2.06. The number of rotatable bonds is 1. The maximum absolute atomic E-state index is 11.5. The van der Waals surface area contributed by atoms with Gasteiger partial charge in [-0.25, -0.2) is 9.78 Å². The maximum Gasteiger partial charge on any atom is 0.346 e. The number of benzene rings is 1. The fourth-order valence-electron chi connectivity index (χ4n) is 1.46. The van der Waals surface area contributed by atoms with Gasteiger partial charge in [0.2, 0.25) is 5.91 Å². The number of aromatic nitrogens is 1. The highest BCUT2D eigenvalue weighted by Crippen LogP contribution is 2.14. The van der Waals surface area contributed by atoms with Gasteiger partial charge in [-0.1, -0.05) is 0 Å². The van der Waals surface area contributed by atoms with Gasteiger partial charge in [0.1, 0.15) is 0 Å². The Bertz CT molecular complexity index is 622. The lowest BCUT2D eigenvalue weighted by atomic mass is 10.2. The van der Waals surface area contributed by atoms with Crippen molar-refractivity contribution >= 4 is 22.5 Å².